The van der Waals surface area contributed by atoms with E-state index in [0.29, 0.717) is 38.2 Å². The smallest absolute Gasteiger partial charge is 0.314 e. The van der Waals surface area contributed by atoms with Crippen molar-refractivity contribution in [2.45, 2.75) is 30.5 Å². The lowest BCUT2D eigenvalue weighted by Gasteiger charge is -2.41. The van der Waals surface area contributed by atoms with Crippen LogP contribution in [0, 0.1) is 5.41 Å². The predicted octanol–water partition coefficient (Wildman–Crippen LogP) is 3.90. The molecule has 0 saturated carbocycles. The lowest BCUT2D eigenvalue weighted by Crippen LogP contribution is -2.51. The molecule has 3 rings (SSSR count). The van der Waals surface area contributed by atoms with Gasteiger partial charge in [-0.2, -0.15) is 0 Å². The number of esters is 1. The molecule has 6 nitrogen and oxygen atoms in total. The van der Waals surface area contributed by atoms with Gasteiger partial charge in [0.15, 0.2) is 0 Å². The summed E-state index contributed by atoms with van der Waals surface area (Å²) in [5, 5.41) is 1.79. The Hall–Kier alpha value is -2.06. The number of carbonyl (C=O) groups excluding carboxylic acids is 2. The molecule has 1 aromatic carbocycles. The predicted molar refractivity (Wildman–Crippen MR) is 115 cm³/mol. The maximum Gasteiger partial charge on any atom is 0.314 e. The Morgan fingerprint density at radius 1 is 1.38 bits per heavy atom. The van der Waals surface area contributed by atoms with Crippen LogP contribution < -0.4 is 4.74 Å². The van der Waals surface area contributed by atoms with Crippen molar-refractivity contribution in [3.05, 3.63) is 40.9 Å². The third-order valence-corrected chi connectivity index (χ3v) is 6.99. The summed E-state index contributed by atoms with van der Waals surface area (Å²) < 4.78 is 11.6. The van der Waals surface area contributed by atoms with E-state index in [4.69, 9.17) is 9.47 Å². The third kappa shape index (κ3) is 4.93. The van der Waals surface area contributed by atoms with E-state index in [1.165, 1.54) is 23.1 Å². The van der Waals surface area contributed by atoms with Crippen molar-refractivity contribution >= 4 is 35.0 Å². The first-order valence-electron chi connectivity index (χ1n) is 9.60. The number of thioether (sulfide) groups is 1. The molecule has 0 aliphatic carbocycles. The van der Waals surface area contributed by atoms with Gasteiger partial charge in [-0.25, -0.2) is 4.98 Å². The number of carbonyl (C=O) groups is 2. The average molecular weight is 435 g/mol. The first kappa shape index (κ1) is 21.6. The van der Waals surface area contributed by atoms with Crippen LogP contribution in [0.2, 0.25) is 0 Å². The molecule has 1 atom stereocenters. The molecule has 8 heteroatoms. The molecule has 1 fully saturated rings. The van der Waals surface area contributed by atoms with Crippen LogP contribution in [0.3, 0.4) is 0 Å². The molecule has 0 radical (unpaired) electrons. The maximum atomic E-state index is 13.0. The van der Waals surface area contributed by atoms with Crippen LogP contribution in [0.25, 0.3) is 0 Å². The summed E-state index contributed by atoms with van der Waals surface area (Å²) in [5.41, 5.74) is 0.666. The van der Waals surface area contributed by atoms with Crippen molar-refractivity contribution < 1.29 is 19.1 Å². The lowest BCUT2D eigenvalue weighted by molar-refractivity contribution is -0.158. The zero-order valence-corrected chi connectivity index (χ0v) is 18.6. The molecule has 1 saturated heterocycles. The number of benzene rings is 1. The van der Waals surface area contributed by atoms with Crippen molar-refractivity contribution in [1.29, 1.82) is 0 Å². The number of piperidine rings is 1. The highest BCUT2D eigenvalue weighted by Crippen LogP contribution is 2.36. The molecule has 2 aromatic rings. The second-order valence-electron chi connectivity index (χ2n) is 7.06. The first-order chi connectivity index (χ1) is 14.0. The highest BCUT2D eigenvalue weighted by molar-refractivity contribution is 8.00. The highest BCUT2D eigenvalue weighted by Gasteiger charge is 2.45. The standard InChI is InChI=1S/C21H26N2O4S2/c1-4-27-19(25)21(12-15-7-5-8-16(11-15)26-2)9-6-10-23(14-21)18(24)17-13-29-20(22-17)28-3/h5,7-8,11,13H,4,6,9-10,12,14H2,1-3H3. The van der Waals surface area contributed by atoms with Gasteiger partial charge in [0.1, 0.15) is 15.8 Å². The number of ether oxygens (including phenoxy) is 2. The summed E-state index contributed by atoms with van der Waals surface area (Å²) in [4.78, 5) is 32.2. The second kappa shape index (κ2) is 9.63. The summed E-state index contributed by atoms with van der Waals surface area (Å²) in [6.45, 7) is 3.07. The topological polar surface area (TPSA) is 68.7 Å². The van der Waals surface area contributed by atoms with Crippen molar-refractivity contribution in [2.24, 2.45) is 5.41 Å². The van der Waals surface area contributed by atoms with E-state index >= 15 is 0 Å². The van der Waals surface area contributed by atoms with Crippen LogP contribution in [-0.4, -0.2) is 54.8 Å². The summed E-state index contributed by atoms with van der Waals surface area (Å²) in [6, 6.07) is 7.71. The van der Waals surface area contributed by atoms with Crippen molar-refractivity contribution in [2.75, 3.05) is 33.1 Å². The van der Waals surface area contributed by atoms with Crippen LogP contribution >= 0.6 is 23.1 Å². The molecule has 1 aliphatic heterocycles. The molecule has 156 valence electrons. The molecule has 1 unspecified atom stereocenters. The van der Waals surface area contributed by atoms with E-state index < -0.39 is 5.41 Å². The van der Waals surface area contributed by atoms with Crippen LogP contribution in [0.4, 0.5) is 0 Å². The van der Waals surface area contributed by atoms with Crippen LogP contribution in [-0.2, 0) is 16.0 Å². The number of methoxy groups -OCH3 is 1. The Morgan fingerprint density at radius 2 is 2.21 bits per heavy atom. The van der Waals surface area contributed by atoms with E-state index in [2.05, 4.69) is 4.98 Å². The molecular weight excluding hydrogens is 408 g/mol. The number of thiazole rings is 1. The van der Waals surface area contributed by atoms with Gasteiger partial charge in [-0.1, -0.05) is 23.9 Å². The van der Waals surface area contributed by atoms with Gasteiger partial charge in [0.2, 0.25) is 0 Å². The van der Waals surface area contributed by atoms with E-state index in [1.54, 1.807) is 17.4 Å². The normalized spacial score (nSPS) is 19.1. The summed E-state index contributed by atoms with van der Waals surface area (Å²) in [7, 11) is 1.62. The number of nitrogens with zero attached hydrogens (tertiary/aromatic N) is 2. The van der Waals surface area contributed by atoms with Crippen LogP contribution in [0.15, 0.2) is 34.0 Å². The third-order valence-electron chi connectivity index (χ3n) is 5.13. The monoisotopic (exact) mass is 434 g/mol. The molecule has 1 aliphatic rings. The fourth-order valence-electron chi connectivity index (χ4n) is 3.76. The maximum absolute atomic E-state index is 13.0. The Labute approximate surface area is 179 Å². The number of hydrogen-bond acceptors (Lipinski definition) is 7. The van der Waals surface area contributed by atoms with E-state index in [1.807, 2.05) is 37.4 Å². The summed E-state index contributed by atoms with van der Waals surface area (Å²) in [5.74, 6) is 0.376. The summed E-state index contributed by atoms with van der Waals surface area (Å²) in [6.07, 6.45) is 3.86. The Balaban J connectivity index is 1.86. The van der Waals surface area contributed by atoms with Crippen molar-refractivity contribution in [1.82, 2.24) is 9.88 Å². The van der Waals surface area contributed by atoms with Gasteiger partial charge in [-0.3, -0.25) is 9.59 Å². The van der Waals surface area contributed by atoms with Crippen LogP contribution in [0.5, 0.6) is 5.75 Å². The molecule has 2 heterocycles. The van der Waals surface area contributed by atoms with Gasteiger partial charge >= 0.3 is 5.97 Å². The second-order valence-corrected chi connectivity index (χ2v) is 8.97. The van der Waals surface area contributed by atoms with E-state index in [9.17, 15) is 9.59 Å². The fraction of sp³-hybridized carbons (Fsp3) is 0.476. The molecule has 0 N–H and O–H groups in total. The number of likely N-dealkylation sites (tertiary alicyclic amines) is 1. The highest BCUT2D eigenvalue weighted by atomic mass is 32.2. The van der Waals surface area contributed by atoms with Crippen molar-refractivity contribution in [3.63, 3.8) is 0 Å². The minimum absolute atomic E-state index is 0.124. The number of aromatic nitrogens is 1. The van der Waals surface area contributed by atoms with Gasteiger partial charge in [0.05, 0.1) is 19.1 Å². The zero-order chi connectivity index (χ0) is 20.9. The summed E-state index contributed by atoms with van der Waals surface area (Å²) >= 11 is 2.98. The fourth-order valence-corrected chi connectivity index (χ4v) is 4.99. The Kier molecular flexibility index (Phi) is 7.18. The number of rotatable bonds is 7. The van der Waals surface area contributed by atoms with Gasteiger partial charge < -0.3 is 14.4 Å². The Bertz CT molecular complexity index is 870. The number of hydrogen-bond donors (Lipinski definition) is 0. The molecule has 1 aromatic heterocycles. The van der Waals surface area contributed by atoms with Gasteiger partial charge in [0.25, 0.3) is 5.91 Å². The Morgan fingerprint density at radius 3 is 2.90 bits per heavy atom. The van der Waals surface area contributed by atoms with Gasteiger partial charge in [-0.15, -0.1) is 11.3 Å². The first-order valence-corrected chi connectivity index (χ1v) is 11.7. The average Bonchev–Trinajstić information content (AvgIpc) is 3.23. The van der Waals surface area contributed by atoms with Crippen LogP contribution in [0.1, 0.15) is 35.8 Å². The molecule has 29 heavy (non-hydrogen) atoms. The minimum atomic E-state index is -0.769. The number of amides is 1. The SMILES string of the molecule is CCOC(=O)C1(Cc2cccc(OC)c2)CCCN(C(=O)c2csc(SC)n2)C1. The van der Waals surface area contributed by atoms with E-state index in [-0.39, 0.29) is 11.9 Å². The quantitative estimate of drug-likeness (QED) is 0.486. The lowest BCUT2D eigenvalue weighted by atomic mass is 9.75. The van der Waals surface area contributed by atoms with E-state index in [0.717, 1.165) is 22.1 Å². The van der Waals surface area contributed by atoms with Gasteiger partial charge in [-0.05, 0) is 50.1 Å². The van der Waals surface area contributed by atoms with Crippen molar-refractivity contribution in [3.8, 4) is 5.75 Å². The van der Waals surface area contributed by atoms with Gasteiger partial charge in [0, 0.05) is 18.5 Å². The molecular formula is C21H26N2O4S2. The largest absolute Gasteiger partial charge is 0.497 e. The zero-order valence-electron chi connectivity index (χ0n) is 17.0. The molecule has 0 bridgehead atoms. The molecule has 0 spiro atoms. The minimum Gasteiger partial charge on any atom is -0.497 e. The molecule has 1 amide bonds.